The molecule has 0 amide bonds. The Morgan fingerprint density at radius 1 is 1.10 bits per heavy atom. The van der Waals surface area contributed by atoms with Crippen LogP contribution in [0.2, 0.25) is 0 Å². The summed E-state index contributed by atoms with van der Waals surface area (Å²) in [6, 6.07) is 3.44. The smallest absolute Gasteiger partial charge is 0.225 e. The molecule has 110 valence electrons. The average Bonchev–Trinajstić information content (AvgIpc) is 3.01. The molecule has 2 bridgehead atoms. The molecule has 2 atom stereocenters. The van der Waals surface area contributed by atoms with Gasteiger partial charge in [0.05, 0.1) is 0 Å². The molecule has 2 aromatic rings. The highest BCUT2D eigenvalue weighted by molar-refractivity contribution is 7.08. The molecule has 0 spiro atoms. The zero-order valence-corrected chi connectivity index (χ0v) is 13.1. The van der Waals surface area contributed by atoms with Crippen molar-refractivity contribution in [3.05, 3.63) is 29.2 Å². The fraction of sp³-hybridized carbons (Fsp3) is 0.500. The fourth-order valence-corrected chi connectivity index (χ4v) is 4.21. The number of hydrogen-bond acceptors (Lipinski definition) is 5. The second kappa shape index (κ2) is 5.39. The van der Waals surface area contributed by atoms with E-state index >= 15 is 0 Å². The number of fused-ring (bicyclic) bond motifs is 2. The monoisotopic (exact) mass is 300 g/mol. The number of aromatic nitrogens is 2. The lowest BCUT2D eigenvalue weighted by Crippen LogP contribution is -2.59. The molecular formula is C16H20N4S. The van der Waals surface area contributed by atoms with Crippen molar-refractivity contribution in [3.63, 3.8) is 0 Å². The molecule has 0 aromatic carbocycles. The Hall–Kier alpha value is -1.46. The van der Waals surface area contributed by atoms with Gasteiger partial charge in [-0.15, -0.1) is 0 Å². The number of nitrogens with zero attached hydrogens (tertiary/aromatic N) is 4. The minimum Gasteiger partial charge on any atom is -0.338 e. The first-order valence-electron chi connectivity index (χ1n) is 7.63. The van der Waals surface area contributed by atoms with E-state index in [1.807, 2.05) is 12.4 Å². The van der Waals surface area contributed by atoms with Gasteiger partial charge in [-0.1, -0.05) is 6.42 Å². The SMILES string of the molecule is CN1C2CCCC1CN(c1ncc(-c3ccsc3)cn1)C2. The van der Waals surface area contributed by atoms with Crippen molar-refractivity contribution in [2.45, 2.75) is 31.3 Å². The van der Waals surface area contributed by atoms with Crippen LogP contribution in [-0.2, 0) is 0 Å². The summed E-state index contributed by atoms with van der Waals surface area (Å²) in [5.74, 6) is 0.888. The summed E-state index contributed by atoms with van der Waals surface area (Å²) in [5.41, 5.74) is 2.32. The number of anilines is 1. The van der Waals surface area contributed by atoms with Gasteiger partial charge in [0, 0.05) is 43.1 Å². The van der Waals surface area contributed by atoms with Crippen LogP contribution in [0.4, 0.5) is 5.95 Å². The van der Waals surface area contributed by atoms with E-state index < -0.39 is 0 Å². The standard InChI is InChI=1S/C16H20N4S/c1-19-14-3-2-4-15(19)10-20(9-14)16-17-7-13(8-18-16)12-5-6-21-11-12/h5-8,11,14-15H,2-4,9-10H2,1H3. The van der Waals surface area contributed by atoms with E-state index in [9.17, 15) is 0 Å². The minimum absolute atomic E-state index is 0.664. The molecular weight excluding hydrogens is 280 g/mol. The molecule has 4 rings (SSSR count). The van der Waals surface area contributed by atoms with Gasteiger partial charge in [0.2, 0.25) is 5.95 Å². The third-order valence-electron chi connectivity index (χ3n) is 4.86. The van der Waals surface area contributed by atoms with Crippen molar-refractivity contribution in [2.24, 2.45) is 0 Å². The average molecular weight is 300 g/mol. The van der Waals surface area contributed by atoms with Crippen molar-refractivity contribution in [1.29, 1.82) is 0 Å². The van der Waals surface area contributed by atoms with Crippen LogP contribution in [0, 0.1) is 0 Å². The second-order valence-corrected chi connectivity index (χ2v) is 6.87. The molecule has 2 unspecified atom stereocenters. The Balaban J connectivity index is 1.54. The van der Waals surface area contributed by atoms with Crippen molar-refractivity contribution in [2.75, 3.05) is 25.0 Å². The van der Waals surface area contributed by atoms with Gasteiger partial charge in [-0.25, -0.2) is 9.97 Å². The maximum absolute atomic E-state index is 4.61. The summed E-state index contributed by atoms with van der Waals surface area (Å²) in [5, 5.41) is 4.23. The molecule has 0 N–H and O–H groups in total. The van der Waals surface area contributed by atoms with Gasteiger partial charge < -0.3 is 4.90 Å². The van der Waals surface area contributed by atoms with Crippen molar-refractivity contribution >= 4 is 17.3 Å². The predicted molar refractivity (Wildman–Crippen MR) is 86.7 cm³/mol. The highest BCUT2D eigenvalue weighted by atomic mass is 32.1. The number of piperazine rings is 1. The maximum Gasteiger partial charge on any atom is 0.225 e. The summed E-state index contributed by atoms with van der Waals surface area (Å²) in [4.78, 5) is 14.1. The minimum atomic E-state index is 0.664. The Bertz CT molecular complexity index is 581. The number of likely N-dealkylation sites (N-methyl/N-ethyl adjacent to an activating group) is 1. The largest absolute Gasteiger partial charge is 0.338 e. The Kier molecular flexibility index (Phi) is 3.39. The number of rotatable bonds is 2. The van der Waals surface area contributed by atoms with E-state index in [1.165, 1.54) is 24.8 Å². The van der Waals surface area contributed by atoms with Crippen LogP contribution in [0.5, 0.6) is 0 Å². The topological polar surface area (TPSA) is 32.3 Å². The van der Waals surface area contributed by atoms with E-state index in [1.54, 1.807) is 11.3 Å². The number of thiophene rings is 1. The van der Waals surface area contributed by atoms with E-state index in [0.717, 1.165) is 24.6 Å². The molecule has 4 heterocycles. The van der Waals surface area contributed by atoms with Crippen molar-refractivity contribution in [1.82, 2.24) is 14.9 Å². The lowest BCUT2D eigenvalue weighted by Gasteiger charge is -2.48. The third-order valence-corrected chi connectivity index (χ3v) is 5.55. The summed E-state index contributed by atoms with van der Waals surface area (Å²) >= 11 is 1.71. The zero-order chi connectivity index (χ0) is 14.2. The van der Waals surface area contributed by atoms with Crippen molar-refractivity contribution in [3.8, 4) is 11.1 Å². The van der Waals surface area contributed by atoms with Crippen LogP contribution in [-0.4, -0.2) is 47.1 Å². The lowest BCUT2D eigenvalue weighted by molar-refractivity contribution is 0.0943. The number of hydrogen-bond donors (Lipinski definition) is 0. The first kappa shape index (κ1) is 13.2. The molecule has 2 fully saturated rings. The van der Waals surface area contributed by atoms with Gasteiger partial charge in [0.15, 0.2) is 0 Å². The van der Waals surface area contributed by atoms with Gasteiger partial charge in [-0.3, -0.25) is 4.90 Å². The lowest BCUT2D eigenvalue weighted by atomic mass is 9.92. The van der Waals surface area contributed by atoms with Crippen LogP contribution in [0.3, 0.4) is 0 Å². The molecule has 5 heteroatoms. The molecule has 21 heavy (non-hydrogen) atoms. The molecule has 2 aliphatic heterocycles. The Morgan fingerprint density at radius 3 is 2.43 bits per heavy atom. The third kappa shape index (κ3) is 2.45. The van der Waals surface area contributed by atoms with Crippen LogP contribution >= 0.6 is 11.3 Å². The summed E-state index contributed by atoms with van der Waals surface area (Å²) in [7, 11) is 2.27. The predicted octanol–water partition coefficient (Wildman–Crippen LogP) is 2.88. The van der Waals surface area contributed by atoms with Gasteiger partial charge >= 0.3 is 0 Å². The molecule has 0 aliphatic carbocycles. The van der Waals surface area contributed by atoms with E-state index in [4.69, 9.17) is 0 Å². The summed E-state index contributed by atoms with van der Waals surface area (Å²) in [6.07, 6.45) is 7.88. The second-order valence-electron chi connectivity index (χ2n) is 6.09. The molecule has 2 aliphatic rings. The van der Waals surface area contributed by atoms with E-state index in [2.05, 4.69) is 43.6 Å². The summed E-state index contributed by atoms with van der Waals surface area (Å²) < 4.78 is 0. The van der Waals surface area contributed by atoms with E-state index in [0.29, 0.717) is 12.1 Å². The Morgan fingerprint density at radius 2 is 1.81 bits per heavy atom. The molecule has 0 saturated carbocycles. The maximum atomic E-state index is 4.61. The fourth-order valence-electron chi connectivity index (χ4n) is 3.54. The Labute approximate surface area is 129 Å². The normalized spacial score (nSPS) is 26.0. The quantitative estimate of drug-likeness (QED) is 0.853. The van der Waals surface area contributed by atoms with Crippen LogP contribution in [0.25, 0.3) is 11.1 Å². The number of piperidine rings is 1. The molecule has 0 radical (unpaired) electrons. The van der Waals surface area contributed by atoms with Gasteiger partial charge in [0.25, 0.3) is 0 Å². The van der Waals surface area contributed by atoms with Gasteiger partial charge in [0.1, 0.15) is 0 Å². The van der Waals surface area contributed by atoms with E-state index in [-0.39, 0.29) is 0 Å². The molecule has 2 saturated heterocycles. The first-order valence-corrected chi connectivity index (χ1v) is 8.57. The highest BCUT2D eigenvalue weighted by Gasteiger charge is 2.35. The van der Waals surface area contributed by atoms with Gasteiger partial charge in [-0.2, -0.15) is 11.3 Å². The van der Waals surface area contributed by atoms with Crippen LogP contribution < -0.4 is 4.90 Å². The highest BCUT2D eigenvalue weighted by Crippen LogP contribution is 2.29. The van der Waals surface area contributed by atoms with Crippen molar-refractivity contribution < 1.29 is 0 Å². The molecule has 2 aromatic heterocycles. The summed E-state index contributed by atoms with van der Waals surface area (Å²) in [6.45, 7) is 2.12. The molecule has 4 nitrogen and oxygen atoms in total. The van der Waals surface area contributed by atoms with Gasteiger partial charge in [-0.05, 0) is 42.3 Å². The van der Waals surface area contributed by atoms with Crippen LogP contribution in [0.1, 0.15) is 19.3 Å². The first-order chi connectivity index (χ1) is 10.3. The van der Waals surface area contributed by atoms with Crippen LogP contribution in [0.15, 0.2) is 29.2 Å². The zero-order valence-electron chi connectivity index (χ0n) is 12.3.